The second kappa shape index (κ2) is 4.60. The van der Waals surface area contributed by atoms with Crippen LogP contribution in [0.4, 0.5) is 0 Å². The van der Waals surface area contributed by atoms with Crippen LogP contribution in [-0.4, -0.2) is 64.9 Å². The van der Waals surface area contributed by atoms with Crippen molar-refractivity contribution < 1.29 is 9.47 Å². The van der Waals surface area contributed by atoms with Crippen LogP contribution >= 0.6 is 0 Å². The minimum absolute atomic E-state index is 0.199. The van der Waals surface area contributed by atoms with E-state index in [1.807, 2.05) is 0 Å². The molecule has 3 nitrogen and oxygen atoms in total. The van der Waals surface area contributed by atoms with E-state index < -0.39 is 5.34 Å². The largest absolute Gasteiger partial charge is 0.376 e. The van der Waals surface area contributed by atoms with Crippen molar-refractivity contribution in [2.75, 3.05) is 32.9 Å². The summed E-state index contributed by atoms with van der Waals surface area (Å²) in [5.74, 6) is 1.59. The van der Waals surface area contributed by atoms with Crippen LogP contribution in [0.25, 0.3) is 0 Å². The molecule has 4 radical (unpaired) electrons. The highest BCUT2D eigenvalue weighted by atomic mass is 16.6. The Morgan fingerprint density at radius 3 is 2.35 bits per heavy atom. The van der Waals surface area contributed by atoms with Gasteiger partial charge in [0.2, 0.25) is 0 Å². The molecule has 3 atom stereocenters. The third kappa shape index (κ3) is 2.18. The van der Waals surface area contributed by atoms with E-state index in [-0.39, 0.29) is 6.10 Å². The topological polar surface area (TPSA) is 21.7 Å². The van der Waals surface area contributed by atoms with Gasteiger partial charge in [0.15, 0.2) is 0 Å². The van der Waals surface area contributed by atoms with E-state index in [4.69, 9.17) is 25.2 Å². The van der Waals surface area contributed by atoms with Gasteiger partial charge in [-0.3, -0.25) is 0 Å². The van der Waals surface area contributed by atoms with E-state index >= 15 is 0 Å². The Bertz CT molecular complexity index is 270. The molecule has 1 saturated carbocycles. The zero-order valence-corrected chi connectivity index (χ0v) is 10.3. The summed E-state index contributed by atoms with van der Waals surface area (Å²) >= 11 is 0. The monoisotopic (exact) mass is 231 g/mol. The van der Waals surface area contributed by atoms with Gasteiger partial charge in [0.1, 0.15) is 0 Å². The Hall–Kier alpha value is 0.00987. The van der Waals surface area contributed by atoms with Gasteiger partial charge in [0.05, 0.1) is 41.6 Å². The maximum absolute atomic E-state index is 6.30. The van der Waals surface area contributed by atoms with Crippen LogP contribution in [0.15, 0.2) is 0 Å². The lowest BCUT2D eigenvalue weighted by Crippen LogP contribution is -2.61. The average Bonchev–Trinajstić information content (AvgIpc) is 2.90. The Balaban J connectivity index is 1.66. The van der Waals surface area contributed by atoms with Gasteiger partial charge in [-0.25, -0.2) is 0 Å². The molecule has 2 aliphatic heterocycles. The van der Waals surface area contributed by atoms with Gasteiger partial charge in [-0.2, -0.15) is 0 Å². The highest BCUT2D eigenvalue weighted by Crippen LogP contribution is 2.40. The smallest absolute Gasteiger partial charge is 0.0860 e. The number of hydrogen-bond donors (Lipinski definition) is 0. The number of hydrogen-bond acceptors (Lipinski definition) is 3. The van der Waals surface area contributed by atoms with Crippen LogP contribution < -0.4 is 0 Å². The van der Waals surface area contributed by atoms with Crippen molar-refractivity contribution in [3.63, 3.8) is 0 Å². The fourth-order valence-corrected chi connectivity index (χ4v) is 3.51. The summed E-state index contributed by atoms with van der Waals surface area (Å²) in [5, 5.41) is -0.870. The minimum Gasteiger partial charge on any atom is -0.376 e. The molecule has 3 unspecified atom stereocenters. The standard InChI is InChI=1S/C12H19B2NO2/c13-12(14,11-8-16-4-5-17-11)15-6-9-2-1-3-10(9)7-15/h9-11H,1-8H2. The molecule has 0 aromatic rings. The van der Waals surface area contributed by atoms with Gasteiger partial charge in [0, 0.05) is 13.1 Å². The molecular formula is C12H19B2NO2. The number of fused-ring (bicyclic) bond motifs is 1. The Morgan fingerprint density at radius 1 is 1.06 bits per heavy atom. The predicted molar refractivity (Wildman–Crippen MR) is 67.2 cm³/mol. The van der Waals surface area contributed by atoms with Gasteiger partial charge in [-0.1, -0.05) is 6.42 Å². The third-order valence-corrected chi connectivity index (χ3v) is 4.61. The van der Waals surface area contributed by atoms with E-state index in [2.05, 4.69) is 4.90 Å². The van der Waals surface area contributed by atoms with Crippen molar-refractivity contribution in [2.24, 2.45) is 11.8 Å². The Morgan fingerprint density at radius 2 is 1.76 bits per heavy atom. The fourth-order valence-electron chi connectivity index (χ4n) is 3.51. The minimum atomic E-state index is -0.870. The normalized spacial score (nSPS) is 39.4. The third-order valence-electron chi connectivity index (χ3n) is 4.61. The number of nitrogens with zero attached hydrogens (tertiary/aromatic N) is 1. The summed E-state index contributed by atoms with van der Waals surface area (Å²) < 4.78 is 11.1. The molecule has 3 rings (SSSR count). The summed E-state index contributed by atoms with van der Waals surface area (Å²) in [5.41, 5.74) is 0. The van der Waals surface area contributed by atoms with Crippen molar-refractivity contribution in [3.05, 3.63) is 0 Å². The van der Waals surface area contributed by atoms with E-state index in [1.54, 1.807) is 0 Å². The molecule has 0 aromatic carbocycles. The average molecular weight is 231 g/mol. The molecule has 3 fully saturated rings. The van der Waals surface area contributed by atoms with E-state index in [0.717, 1.165) is 24.9 Å². The van der Waals surface area contributed by atoms with Crippen molar-refractivity contribution in [1.29, 1.82) is 0 Å². The van der Waals surface area contributed by atoms with E-state index in [9.17, 15) is 0 Å². The van der Waals surface area contributed by atoms with Crippen molar-refractivity contribution in [2.45, 2.75) is 30.7 Å². The lowest BCUT2D eigenvalue weighted by Gasteiger charge is -2.44. The van der Waals surface area contributed by atoms with Gasteiger partial charge >= 0.3 is 0 Å². The number of likely N-dealkylation sites (tertiary alicyclic amines) is 1. The first kappa shape index (κ1) is 12.1. The first-order valence-corrected chi connectivity index (χ1v) is 6.70. The van der Waals surface area contributed by atoms with Crippen LogP contribution in [0, 0.1) is 11.8 Å². The summed E-state index contributed by atoms with van der Waals surface area (Å²) in [4.78, 5) is 2.21. The van der Waals surface area contributed by atoms with Crippen molar-refractivity contribution in [3.8, 4) is 0 Å². The molecule has 0 spiro atoms. The molecular weight excluding hydrogens is 212 g/mol. The second-order valence-corrected chi connectivity index (χ2v) is 5.68. The highest BCUT2D eigenvalue weighted by molar-refractivity contribution is 6.40. The SMILES string of the molecule is [B]C([B])(C1COCCO1)N1CC2CCCC2C1. The van der Waals surface area contributed by atoms with Gasteiger partial charge < -0.3 is 14.4 Å². The van der Waals surface area contributed by atoms with Gasteiger partial charge in [-0.15, -0.1) is 0 Å². The molecule has 0 bridgehead atoms. The molecule has 3 aliphatic rings. The van der Waals surface area contributed by atoms with Crippen molar-refractivity contribution >= 4 is 15.7 Å². The molecule has 5 heteroatoms. The molecule has 17 heavy (non-hydrogen) atoms. The summed E-state index contributed by atoms with van der Waals surface area (Å²) in [6.07, 6.45) is 3.84. The lowest BCUT2D eigenvalue weighted by molar-refractivity contribution is -0.112. The molecule has 0 amide bonds. The maximum Gasteiger partial charge on any atom is 0.0860 e. The summed E-state index contributed by atoms with van der Waals surface area (Å²) in [6, 6.07) is 0. The van der Waals surface area contributed by atoms with Crippen LogP contribution in [0.1, 0.15) is 19.3 Å². The molecule has 2 saturated heterocycles. The lowest BCUT2D eigenvalue weighted by atomic mass is 9.57. The van der Waals surface area contributed by atoms with E-state index in [1.165, 1.54) is 19.3 Å². The van der Waals surface area contributed by atoms with Crippen LogP contribution in [-0.2, 0) is 9.47 Å². The van der Waals surface area contributed by atoms with Gasteiger partial charge in [0.25, 0.3) is 0 Å². The number of rotatable bonds is 2. The van der Waals surface area contributed by atoms with Gasteiger partial charge in [-0.05, 0) is 30.0 Å². The Labute approximate surface area is 106 Å². The first-order valence-electron chi connectivity index (χ1n) is 6.70. The molecule has 1 aliphatic carbocycles. The quantitative estimate of drug-likeness (QED) is 0.630. The zero-order chi connectivity index (χ0) is 11.9. The van der Waals surface area contributed by atoms with E-state index in [0.29, 0.717) is 19.8 Å². The molecule has 2 heterocycles. The van der Waals surface area contributed by atoms with Crippen LogP contribution in [0.2, 0.25) is 0 Å². The molecule has 0 N–H and O–H groups in total. The van der Waals surface area contributed by atoms with Crippen LogP contribution in [0.5, 0.6) is 0 Å². The number of ether oxygens (including phenoxy) is 2. The summed E-state index contributed by atoms with van der Waals surface area (Å²) in [7, 11) is 12.6. The highest BCUT2D eigenvalue weighted by Gasteiger charge is 2.44. The predicted octanol–water partition coefficient (Wildman–Crippen LogP) is 0.124. The first-order chi connectivity index (χ1) is 8.18. The summed E-state index contributed by atoms with van der Waals surface area (Å²) in [6.45, 7) is 3.81. The van der Waals surface area contributed by atoms with Crippen molar-refractivity contribution in [1.82, 2.24) is 4.90 Å². The zero-order valence-electron chi connectivity index (χ0n) is 10.3. The molecule has 90 valence electrons. The maximum atomic E-state index is 6.30. The fraction of sp³-hybridized carbons (Fsp3) is 1.00. The Kier molecular flexibility index (Phi) is 3.26. The molecule has 0 aromatic heterocycles. The second-order valence-electron chi connectivity index (χ2n) is 5.68. The van der Waals surface area contributed by atoms with Crippen LogP contribution in [0.3, 0.4) is 0 Å².